The fraction of sp³-hybridized carbons (Fsp3) is 0.500. The number of carbonyl (C=O) groups excluding carboxylic acids is 1. The highest BCUT2D eigenvalue weighted by Crippen LogP contribution is 2.17. The van der Waals surface area contributed by atoms with Crippen LogP contribution in [0, 0.1) is 0 Å². The van der Waals surface area contributed by atoms with Crippen molar-refractivity contribution in [1.29, 1.82) is 0 Å². The summed E-state index contributed by atoms with van der Waals surface area (Å²) in [6, 6.07) is 8.47. The fourth-order valence-corrected chi connectivity index (χ4v) is 2.27. The van der Waals surface area contributed by atoms with Gasteiger partial charge >= 0.3 is 0 Å². The second-order valence-electron chi connectivity index (χ2n) is 5.00. The Morgan fingerprint density at radius 1 is 1.44 bits per heavy atom. The zero-order valence-electron chi connectivity index (χ0n) is 11.0. The first-order valence-electron chi connectivity index (χ1n) is 6.39. The fourth-order valence-electron chi connectivity index (χ4n) is 2.27. The maximum Gasteiger partial charge on any atom is 0.275 e. The Labute approximate surface area is 108 Å². The quantitative estimate of drug-likeness (QED) is 0.752. The van der Waals surface area contributed by atoms with E-state index >= 15 is 0 Å². The summed E-state index contributed by atoms with van der Waals surface area (Å²) in [7, 11) is 1.66. The summed E-state index contributed by atoms with van der Waals surface area (Å²) in [6.07, 6.45) is 2.40. The number of ether oxygens (including phenoxy) is 1. The SMILES string of the molecule is COc1ccc(C[NH+](C2CC2)[C@@H](C)C(N)=O)cc1. The highest BCUT2D eigenvalue weighted by molar-refractivity contribution is 5.77. The molecule has 18 heavy (non-hydrogen) atoms. The molecule has 98 valence electrons. The smallest absolute Gasteiger partial charge is 0.275 e. The number of rotatable bonds is 6. The Balaban J connectivity index is 2.05. The first-order chi connectivity index (χ1) is 8.61. The molecule has 1 aromatic carbocycles. The number of nitrogens with one attached hydrogen (secondary N) is 1. The van der Waals surface area contributed by atoms with Crippen LogP contribution < -0.4 is 15.4 Å². The summed E-state index contributed by atoms with van der Waals surface area (Å²) in [5, 5.41) is 0. The van der Waals surface area contributed by atoms with Gasteiger partial charge in [-0.3, -0.25) is 4.79 Å². The van der Waals surface area contributed by atoms with Gasteiger partial charge in [0, 0.05) is 18.4 Å². The van der Waals surface area contributed by atoms with Crippen molar-refractivity contribution in [2.24, 2.45) is 5.73 Å². The normalized spacial score (nSPS) is 18.1. The van der Waals surface area contributed by atoms with E-state index in [1.54, 1.807) is 7.11 Å². The lowest BCUT2D eigenvalue weighted by atomic mass is 10.1. The van der Waals surface area contributed by atoms with E-state index in [1.807, 2.05) is 19.1 Å². The summed E-state index contributed by atoms with van der Waals surface area (Å²) in [6.45, 7) is 2.76. The number of hydrogen-bond acceptors (Lipinski definition) is 2. The van der Waals surface area contributed by atoms with E-state index in [9.17, 15) is 4.79 Å². The third-order valence-corrected chi connectivity index (χ3v) is 3.65. The molecule has 1 aromatic rings. The van der Waals surface area contributed by atoms with E-state index in [0.717, 1.165) is 12.3 Å². The standard InChI is InChI=1S/C14H20N2O2/c1-10(14(15)17)16(12-5-6-12)9-11-3-7-13(18-2)8-4-11/h3-4,7-8,10,12H,5-6,9H2,1-2H3,(H2,15,17)/p+1/t10-/m0/s1. The van der Waals surface area contributed by atoms with Gasteiger partial charge in [0.2, 0.25) is 0 Å². The number of nitrogens with two attached hydrogens (primary N) is 1. The molecule has 0 radical (unpaired) electrons. The van der Waals surface area contributed by atoms with E-state index in [-0.39, 0.29) is 11.9 Å². The van der Waals surface area contributed by atoms with Crippen molar-refractivity contribution in [3.8, 4) is 5.75 Å². The van der Waals surface area contributed by atoms with Crippen molar-refractivity contribution in [2.75, 3.05) is 7.11 Å². The van der Waals surface area contributed by atoms with Crippen LogP contribution in [-0.4, -0.2) is 25.1 Å². The van der Waals surface area contributed by atoms with Crippen molar-refractivity contribution in [2.45, 2.75) is 38.4 Å². The molecule has 1 fully saturated rings. The molecule has 4 nitrogen and oxygen atoms in total. The predicted molar refractivity (Wildman–Crippen MR) is 69.3 cm³/mol. The number of quaternary nitrogens is 1. The van der Waals surface area contributed by atoms with Gasteiger partial charge in [-0.1, -0.05) is 0 Å². The highest BCUT2D eigenvalue weighted by atomic mass is 16.5. The van der Waals surface area contributed by atoms with Gasteiger partial charge in [0.25, 0.3) is 5.91 Å². The lowest BCUT2D eigenvalue weighted by molar-refractivity contribution is -0.938. The van der Waals surface area contributed by atoms with Crippen LogP contribution in [0.25, 0.3) is 0 Å². The molecule has 4 heteroatoms. The van der Waals surface area contributed by atoms with Crippen LogP contribution in [0.1, 0.15) is 25.3 Å². The lowest BCUT2D eigenvalue weighted by Crippen LogP contribution is -3.16. The second-order valence-corrected chi connectivity index (χ2v) is 5.00. The van der Waals surface area contributed by atoms with Gasteiger partial charge in [0.15, 0.2) is 6.04 Å². The van der Waals surface area contributed by atoms with Crippen LogP contribution in [0.3, 0.4) is 0 Å². The van der Waals surface area contributed by atoms with Gasteiger partial charge in [-0.05, 0) is 31.2 Å². The number of hydrogen-bond donors (Lipinski definition) is 2. The average Bonchev–Trinajstić information content (AvgIpc) is 3.20. The highest BCUT2D eigenvalue weighted by Gasteiger charge is 2.38. The van der Waals surface area contributed by atoms with Gasteiger partial charge in [-0.25, -0.2) is 0 Å². The largest absolute Gasteiger partial charge is 0.497 e. The third-order valence-electron chi connectivity index (χ3n) is 3.65. The molecule has 2 atom stereocenters. The molecule has 0 heterocycles. The summed E-state index contributed by atoms with van der Waals surface area (Å²) in [5.74, 6) is 0.639. The Morgan fingerprint density at radius 3 is 2.50 bits per heavy atom. The molecule has 0 spiro atoms. The van der Waals surface area contributed by atoms with Crippen LogP contribution in [0.15, 0.2) is 24.3 Å². The molecule has 1 amide bonds. The monoisotopic (exact) mass is 249 g/mol. The average molecular weight is 249 g/mol. The van der Waals surface area contributed by atoms with Gasteiger partial charge in [-0.2, -0.15) is 0 Å². The molecule has 1 unspecified atom stereocenters. The zero-order valence-corrected chi connectivity index (χ0v) is 11.0. The zero-order chi connectivity index (χ0) is 13.1. The Bertz CT molecular complexity index is 412. The minimum atomic E-state index is -0.217. The second kappa shape index (κ2) is 5.40. The molecule has 0 saturated heterocycles. The maximum absolute atomic E-state index is 11.3. The van der Waals surface area contributed by atoms with Gasteiger partial charge in [0.05, 0.1) is 13.2 Å². The third kappa shape index (κ3) is 3.01. The summed E-state index contributed by atoms with van der Waals surface area (Å²) < 4.78 is 5.14. The van der Waals surface area contributed by atoms with Crippen molar-refractivity contribution in [3.63, 3.8) is 0 Å². The van der Waals surface area contributed by atoms with Gasteiger partial charge < -0.3 is 15.4 Å². The molecule has 0 aliphatic heterocycles. The molecule has 2 rings (SSSR count). The molecule has 0 bridgehead atoms. The number of amides is 1. The molecule has 3 N–H and O–H groups in total. The van der Waals surface area contributed by atoms with E-state index < -0.39 is 0 Å². The van der Waals surface area contributed by atoms with E-state index in [1.165, 1.54) is 23.3 Å². The Kier molecular flexibility index (Phi) is 3.87. The van der Waals surface area contributed by atoms with Crippen LogP contribution in [0.4, 0.5) is 0 Å². The minimum absolute atomic E-state index is 0.125. The number of methoxy groups -OCH3 is 1. The molecular formula is C14H21N2O2+. The predicted octanol–water partition coefficient (Wildman–Crippen LogP) is 0.116. The topological polar surface area (TPSA) is 56.8 Å². The number of carbonyl (C=O) groups is 1. The van der Waals surface area contributed by atoms with Crippen molar-refractivity contribution in [3.05, 3.63) is 29.8 Å². The summed E-state index contributed by atoms with van der Waals surface area (Å²) in [4.78, 5) is 12.6. The first-order valence-corrected chi connectivity index (χ1v) is 6.39. The molecular weight excluding hydrogens is 228 g/mol. The van der Waals surface area contributed by atoms with E-state index in [0.29, 0.717) is 6.04 Å². The van der Waals surface area contributed by atoms with Crippen molar-refractivity contribution in [1.82, 2.24) is 0 Å². The number of benzene rings is 1. The Morgan fingerprint density at radius 2 is 2.06 bits per heavy atom. The molecule has 1 aliphatic carbocycles. The maximum atomic E-state index is 11.3. The summed E-state index contributed by atoms with van der Waals surface area (Å²) in [5.41, 5.74) is 6.64. The summed E-state index contributed by atoms with van der Waals surface area (Å²) >= 11 is 0. The van der Waals surface area contributed by atoms with Gasteiger partial charge in [-0.15, -0.1) is 0 Å². The van der Waals surface area contributed by atoms with Crippen LogP contribution >= 0.6 is 0 Å². The first kappa shape index (κ1) is 12.9. The Hall–Kier alpha value is -1.55. The van der Waals surface area contributed by atoms with Gasteiger partial charge in [0.1, 0.15) is 12.3 Å². The van der Waals surface area contributed by atoms with Crippen LogP contribution in [0.5, 0.6) is 5.75 Å². The number of primary amides is 1. The lowest BCUT2D eigenvalue weighted by Gasteiger charge is -2.24. The van der Waals surface area contributed by atoms with Crippen molar-refractivity contribution >= 4 is 5.91 Å². The van der Waals surface area contributed by atoms with Crippen LogP contribution in [-0.2, 0) is 11.3 Å². The minimum Gasteiger partial charge on any atom is -0.497 e. The molecule has 1 saturated carbocycles. The van der Waals surface area contributed by atoms with E-state index in [2.05, 4.69) is 12.1 Å². The molecule has 0 aromatic heterocycles. The van der Waals surface area contributed by atoms with E-state index in [4.69, 9.17) is 10.5 Å². The van der Waals surface area contributed by atoms with Crippen LogP contribution in [0.2, 0.25) is 0 Å². The van der Waals surface area contributed by atoms with Crippen molar-refractivity contribution < 1.29 is 14.4 Å². The molecule has 1 aliphatic rings.